The predicted octanol–water partition coefficient (Wildman–Crippen LogP) is 5.12. The van der Waals surface area contributed by atoms with Crippen molar-refractivity contribution in [2.24, 2.45) is 0 Å². The summed E-state index contributed by atoms with van der Waals surface area (Å²) in [5.74, 6) is -0.667. The number of carbonyl (C=O) groups excluding carboxylic acids is 1. The van der Waals surface area contributed by atoms with Gasteiger partial charge in [0.05, 0.1) is 29.9 Å². The number of pyridine rings is 2. The Morgan fingerprint density at radius 2 is 1.59 bits per heavy atom. The van der Waals surface area contributed by atoms with Crippen molar-refractivity contribution < 1.29 is 18.3 Å². The number of ether oxygens (including phenoxy) is 1. The van der Waals surface area contributed by atoms with Crippen LogP contribution in [0.15, 0.2) is 42.5 Å². The summed E-state index contributed by atoms with van der Waals surface area (Å²) in [5.41, 5.74) is 4.66. The molecule has 0 unspecified atom stereocenters. The van der Waals surface area contributed by atoms with Crippen molar-refractivity contribution in [3.8, 4) is 0 Å². The molecule has 29 heavy (non-hydrogen) atoms. The molecular formula is C23H22F2N2O2. The Hall–Kier alpha value is -2.99. The molecule has 4 rings (SSSR count). The summed E-state index contributed by atoms with van der Waals surface area (Å²) in [6, 6.07) is 11.5. The van der Waals surface area contributed by atoms with Crippen LogP contribution < -0.4 is 0 Å². The summed E-state index contributed by atoms with van der Waals surface area (Å²) in [6.45, 7) is 4.42. The first kappa shape index (κ1) is 19.3. The van der Waals surface area contributed by atoms with E-state index in [2.05, 4.69) is 0 Å². The highest BCUT2D eigenvalue weighted by Gasteiger charge is 2.16. The van der Waals surface area contributed by atoms with Crippen molar-refractivity contribution >= 4 is 17.3 Å². The lowest BCUT2D eigenvalue weighted by Gasteiger charge is -2.11. The fourth-order valence-corrected chi connectivity index (χ4v) is 3.94. The van der Waals surface area contributed by atoms with E-state index < -0.39 is 5.82 Å². The molecule has 0 saturated carbocycles. The summed E-state index contributed by atoms with van der Waals surface area (Å²) in [6.07, 6.45) is 2.16. The molecule has 0 atom stereocenters. The number of rotatable bonds is 7. The molecule has 0 radical (unpaired) electrons. The second kappa shape index (κ2) is 7.79. The number of hydrogen-bond acceptors (Lipinski definition) is 2. The van der Waals surface area contributed by atoms with Crippen LogP contribution in [-0.4, -0.2) is 15.1 Å². The summed E-state index contributed by atoms with van der Waals surface area (Å²) < 4.78 is 38.1. The zero-order chi connectivity index (χ0) is 20.5. The van der Waals surface area contributed by atoms with Gasteiger partial charge in [-0.15, -0.1) is 0 Å². The summed E-state index contributed by atoms with van der Waals surface area (Å²) in [5, 5.41) is 0. The maximum Gasteiger partial charge on any atom is 0.166 e. The van der Waals surface area contributed by atoms with Gasteiger partial charge >= 0.3 is 0 Å². The first-order valence-corrected chi connectivity index (χ1v) is 9.71. The van der Waals surface area contributed by atoms with Crippen LogP contribution in [0.2, 0.25) is 0 Å². The van der Waals surface area contributed by atoms with Gasteiger partial charge in [-0.25, -0.2) is 8.78 Å². The molecule has 4 nitrogen and oxygen atoms in total. The van der Waals surface area contributed by atoms with Crippen LogP contribution in [-0.2, 0) is 30.8 Å². The van der Waals surface area contributed by atoms with Gasteiger partial charge in [-0.3, -0.25) is 4.79 Å². The molecule has 6 heteroatoms. The minimum Gasteiger partial charge on any atom is -0.370 e. The molecule has 150 valence electrons. The maximum atomic E-state index is 14.5. The van der Waals surface area contributed by atoms with Crippen molar-refractivity contribution in [1.29, 1.82) is 0 Å². The second-order valence-electron chi connectivity index (χ2n) is 6.99. The van der Waals surface area contributed by atoms with Gasteiger partial charge in [0.15, 0.2) is 6.29 Å². The lowest BCUT2D eigenvalue weighted by atomic mass is 10.2. The third-order valence-electron chi connectivity index (χ3n) is 5.31. The molecule has 0 amide bonds. The maximum absolute atomic E-state index is 14.5. The normalized spacial score (nSPS) is 11.6. The third kappa shape index (κ3) is 3.23. The van der Waals surface area contributed by atoms with Gasteiger partial charge in [0.25, 0.3) is 0 Å². The minimum absolute atomic E-state index is 0.185. The Kier molecular flexibility index (Phi) is 5.20. The van der Waals surface area contributed by atoms with Crippen molar-refractivity contribution in [3.63, 3.8) is 0 Å². The average Bonchev–Trinajstić information content (AvgIpc) is 3.33. The zero-order valence-corrected chi connectivity index (χ0v) is 16.4. The lowest BCUT2D eigenvalue weighted by Crippen LogP contribution is -2.05. The van der Waals surface area contributed by atoms with Gasteiger partial charge in [0.1, 0.15) is 11.6 Å². The Bertz CT molecular complexity index is 1210. The third-order valence-corrected chi connectivity index (χ3v) is 5.31. The van der Waals surface area contributed by atoms with E-state index in [4.69, 9.17) is 4.74 Å². The fourth-order valence-electron chi connectivity index (χ4n) is 3.94. The van der Waals surface area contributed by atoms with Crippen molar-refractivity contribution in [1.82, 2.24) is 8.80 Å². The number of nitrogens with zero attached hydrogens (tertiary/aromatic N) is 2. The molecule has 0 aliphatic rings. The van der Waals surface area contributed by atoms with E-state index in [1.807, 2.05) is 30.4 Å². The number of aldehydes is 1. The molecule has 0 saturated heterocycles. The van der Waals surface area contributed by atoms with E-state index in [9.17, 15) is 13.6 Å². The first-order chi connectivity index (χ1) is 14.1. The van der Waals surface area contributed by atoms with E-state index in [-0.39, 0.29) is 19.0 Å². The van der Waals surface area contributed by atoms with E-state index in [1.165, 1.54) is 18.2 Å². The number of hydrogen-bond donors (Lipinski definition) is 0. The Labute approximate surface area is 167 Å². The molecule has 0 N–H and O–H groups in total. The van der Waals surface area contributed by atoms with E-state index >= 15 is 0 Å². The van der Waals surface area contributed by atoms with Crippen LogP contribution >= 0.6 is 0 Å². The number of halogens is 2. The van der Waals surface area contributed by atoms with E-state index in [1.54, 1.807) is 16.5 Å². The molecule has 0 aliphatic carbocycles. The standard InChI is InChI=1S/C23H22F2N2O2/c1-3-16-7-10-22-20(24)8-6-19(26(16)22)14-29-13-15-11-17(4-2)27-18(12-28)5-9-21(25)23(15)27/h5-12H,3-4,13-14H2,1-2H3. The van der Waals surface area contributed by atoms with Crippen LogP contribution in [0.1, 0.15) is 47.0 Å². The van der Waals surface area contributed by atoms with Gasteiger partial charge in [0.2, 0.25) is 0 Å². The minimum atomic E-state index is -0.392. The summed E-state index contributed by atoms with van der Waals surface area (Å²) in [7, 11) is 0. The van der Waals surface area contributed by atoms with Crippen molar-refractivity contribution in [3.05, 3.63) is 82.4 Å². The number of fused-ring (bicyclic) bond motifs is 2. The van der Waals surface area contributed by atoms with E-state index in [0.717, 1.165) is 29.8 Å². The average molecular weight is 396 g/mol. The Morgan fingerprint density at radius 3 is 2.31 bits per heavy atom. The highest BCUT2D eigenvalue weighted by molar-refractivity contribution is 5.76. The highest BCUT2D eigenvalue weighted by Crippen LogP contribution is 2.24. The molecule has 4 aromatic heterocycles. The van der Waals surface area contributed by atoms with Crippen LogP contribution in [0, 0.1) is 11.6 Å². The van der Waals surface area contributed by atoms with Gasteiger partial charge in [0, 0.05) is 22.6 Å². The lowest BCUT2D eigenvalue weighted by molar-refractivity contribution is 0.104. The molecule has 0 aromatic carbocycles. The van der Waals surface area contributed by atoms with Crippen LogP contribution in [0.3, 0.4) is 0 Å². The molecule has 0 aliphatic heterocycles. The van der Waals surface area contributed by atoms with Crippen LogP contribution in [0.5, 0.6) is 0 Å². The first-order valence-electron chi connectivity index (χ1n) is 9.71. The smallest absolute Gasteiger partial charge is 0.166 e. The predicted molar refractivity (Wildman–Crippen MR) is 107 cm³/mol. The fraction of sp³-hybridized carbons (Fsp3) is 0.261. The monoisotopic (exact) mass is 396 g/mol. The molecular weight excluding hydrogens is 374 g/mol. The van der Waals surface area contributed by atoms with Gasteiger partial charge < -0.3 is 13.5 Å². The zero-order valence-electron chi connectivity index (χ0n) is 16.4. The summed E-state index contributed by atoms with van der Waals surface area (Å²) in [4.78, 5) is 11.4. The van der Waals surface area contributed by atoms with Gasteiger partial charge in [-0.2, -0.15) is 0 Å². The van der Waals surface area contributed by atoms with Crippen molar-refractivity contribution in [2.45, 2.75) is 39.9 Å². The molecule has 4 aromatic rings. The Balaban J connectivity index is 1.65. The number of aromatic nitrogens is 2. The van der Waals surface area contributed by atoms with Crippen molar-refractivity contribution in [2.75, 3.05) is 0 Å². The second-order valence-corrected chi connectivity index (χ2v) is 6.99. The SMILES string of the molecule is CCc1ccc2c(F)ccc(COCc3cc(CC)n4c(C=O)ccc(F)c34)n12. The molecule has 0 bridgehead atoms. The van der Waals surface area contributed by atoms with Crippen LogP contribution in [0.25, 0.3) is 11.0 Å². The van der Waals surface area contributed by atoms with Crippen LogP contribution in [0.4, 0.5) is 8.78 Å². The molecule has 0 spiro atoms. The van der Waals surface area contributed by atoms with Gasteiger partial charge in [-0.05, 0) is 55.3 Å². The molecule has 0 fully saturated rings. The van der Waals surface area contributed by atoms with Gasteiger partial charge in [-0.1, -0.05) is 13.8 Å². The Morgan fingerprint density at radius 1 is 0.862 bits per heavy atom. The number of aryl methyl sites for hydroxylation is 2. The van der Waals surface area contributed by atoms with E-state index in [0.29, 0.717) is 28.7 Å². The summed E-state index contributed by atoms with van der Waals surface area (Å²) >= 11 is 0. The highest BCUT2D eigenvalue weighted by atomic mass is 19.1. The quantitative estimate of drug-likeness (QED) is 0.406. The largest absolute Gasteiger partial charge is 0.370 e. The molecule has 4 heterocycles. The number of carbonyl (C=O) groups is 1. The topological polar surface area (TPSA) is 35.1 Å².